The van der Waals surface area contributed by atoms with Crippen LogP contribution in [0.5, 0.6) is 5.75 Å². The number of nitrogen functional groups attached to an aromatic ring is 1. The molecule has 158 valence electrons. The number of carbonyl (C=O) groups is 1. The van der Waals surface area contributed by atoms with E-state index in [1.54, 1.807) is 25.1 Å². The zero-order valence-corrected chi connectivity index (χ0v) is 16.5. The summed E-state index contributed by atoms with van der Waals surface area (Å²) >= 11 is 0. The molecule has 0 bridgehead atoms. The first-order chi connectivity index (χ1) is 14.5. The minimum atomic E-state index is -2.89. The van der Waals surface area contributed by atoms with Gasteiger partial charge in [-0.1, -0.05) is 12.1 Å². The minimum absolute atomic E-state index is 0.0938. The number of nitrogens with two attached hydrogens (primary N) is 1. The molecule has 0 spiro atoms. The average molecular weight is 415 g/mol. The van der Waals surface area contributed by atoms with Gasteiger partial charge in [0.05, 0.1) is 23.5 Å². The second-order valence-corrected chi connectivity index (χ2v) is 7.30. The van der Waals surface area contributed by atoms with Gasteiger partial charge in [-0.15, -0.1) is 0 Å². The summed E-state index contributed by atoms with van der Waals surface area (Å²) in [6, 6.07) is 12.1. The number of amides is 1. The molecule has 0 radical (unpaired) electrons. The van der Waals surface area contributed by atoms with Crippen molar-refractivity contribution in [3.63, 3.8) is 0 Å². The van der Waals surface area contributed by atoms with Crippen LogP contribution in [0, 0.1) is 5.92 Å². The van der Waals surface area contributed by atoms with Crippen molar-refractivity contribution in [2.45, 2.75) is 32.9 Å². The molecular weight excluding hydrogens is 392 g/mol. The number of ether oxygens (including phenoxy) is 2. The lowest BCUT2D eigenvalue weighted by molar-refractivity contribution is -0.0497. The Kier molecular flexibility index (Phi) is 5.48. The van der Waals surface area contributed by atoms with Gasteiger partial charge in [0.15, 0.2) is 0 Å². The van der Waals surface area contributed by atoms with Crippen molar-refractivity contribution < 1.29 is 23.0 Å². The van der Waals surface area contributed by atoms with E-state index >= 15 is 0 Å². The highest BCUT2D eigenvalue weighted by atomic mass is 19.3. The van der Waals surface area contributed by atoms with Crippen molar-refractivity contribution in [1.29, 1.82) is 0 Å². The number of aromatic nitrogens is 1. The molecule has 0 atom stereocenters. The fourth-order valence-corrected chi connectivity index (χ4v) is 3.62. The van der Waals surface area contributed by atoms with E-state index < -0.39 is 12.7 Å². The van der Waals surface area contributed by atoms with Crippen LogP contribution in [0.25, 0.3) is 22.2 Å². The van der Waals surface area contributed by atoms with Gasteiger partial charge in [0.2, 0.25) is 0 Å². The standard InChI is InChI=1S/C22H23F2N3O3/c1-2-29-22(28)26-15-5-3-4-14(10-15)20-19(25)17-9-8-16(30-21(23)24)11-18(17)27(20)12-13-6-7-13/h3-5,8-11,13,21H,2,6-7,12,25H2,1H3,(H,26,28). The van der Waals surface area contributed by atoms with Crippen molar-refractivity contribution in [3.05, 3.63) is 42.5 Å². The number of carbonyl (C=O) groups excluding carboxylic acids is 1. The highest BCUT2D eigenvalue weighted by Crippen LogP contribution is 2.41. The molecule has 3 aromatic rings. The number of alkyl halides is 2. The molecule has 1 saturated carbocycles. The first-order valence-electron chi connectivity index (χ1n) is 9.87. The molecule has 3 N–H and O–H groups in total. The van der Waals surface area contributed by atoms with E-state index in [0.29, 0.717) is 17.3 Å². The fraction of sp³-hybridized carbons (Fsp3) is 0.318. The van der Waals surface area contributed by atoms with Crippen LogP contribution in [0.15, 0.2) is 42.5 Å². The number of benzene rings is 2. The SMILES string of the molecule is CCOC(=O)Nc1cccc(-c2c(N)c3ccc(OC(F)F)cc3n2CC2CC2)c1. The molecule has 0 unspecified atom stereocenters. The van der Waals surface area contributed by atoms with E-state index in [0.717, 1.165) is 41.5 Å². The molecule has 6 nitrogen and oxygen atoms in total. The van der Waals surface area contributed by atoms with Crippen LogP contribution < -0.4 is 15.8 Å². The molecule has 1 heterocycles. The van der Waals surface area contributed by atoms with Gasteiger partial charge in [-0.3, -0.25) is 5.32 Å². The Labute approximate surface area is 172 Å². The number of rotatable bonds is 7. The highest BCUT2D eigenvalue weighted by molar-refractivity contribution is 6.02. The van der Waals surface area contributed by atoms with E-state index in [-0.39, 0.29) is 12.4 Å². The molecule has 1 aliphatic carbocycles. The molecule has 4 rings (SSSR count). The first kappa shape index (κ1) is 20.0. The summed E-state index contributed by atoms with van der Waals surface area (Å²) in [5.41, 5.74) is 9.99. The smallest absolute Gasteiger partial charge is 0.411 e. The summed E-state index contributed by atoms with van der Waals surface area (Å²) in [6.07, 6.45) is 1.71. The second-order valence-electron chi connectivity index (χ2n) is 7.30. The van der Waals surface area contributed by atoms with E-state index in [2.05, 4.69) is 14.6 Å². The predicted octanol–water partition coefficient (Wildman–Crippen LogP) is 5.47. The summed E-state index contributed by atoms with van der Waals surface area (Å²) in [4.78, 5) is 11.8. The number of hydrogen-bond donors (Lipinski definition) is 2. The minimum Gasteiger partial charge on any atom is -0.450 e. The lowest BCUT2D eigenvalue weighted by Crippen LogP contribution is -2.13. The van der Waals surface area contributed by atoms with Crippen molar-refractivity contribution in [2.24, 2.45) is 5.92 Å². The molecule has 1 aliphatic rings. The van der Waals surface area contributed by atoms with Crippen molar-refractivity contribution in [3.8, 4) is 17.0 Å². The van der Waals surface area contributed by atoms with Gasteiger partial charge >= 0.3 is 12.7 Å². The molecule has 8 heteroatoms. The van der Waals surface area contributed by atoms with Gasteiger partial charge in [-0.25, -0.2) is 4.79 Å². The van der Waals surface area contributed by atoms with Crippen LogP contribution >= 0.6 is 0 Å². The van der Waals surface area contributed by atoms with Crippen molar-refractivity contribution >= 4 is 28.4 Å². The van der Waals surface area contributed by atoms with Gasteiger partial charge in [-0.05, 0) is 49.9 Å². The Bertz CT molecular complexity index is 1080. The summed E-state index contributed by atoms with van der Waals surface area (Å²) in [6.45, 7) is -0.149. The topological polar surface area (TPSA) is 78.5 Å². The maximum Gasteiger partial charge on any atom is 0.411 e. The van der Waals surface area contributed by atoms with Crippen LogP contribution in [0.1, 0.15) is 19.8 Å². The van der Waals surface area contributed by atoms with Gasteiger partial charge in [-0.2, -0.15) is 8.78 Å². The van der Waals surface area contributed by atoms with Crippen LogP contribution in [-0.4, -0.2) is 23.9 Å². The number of halogens is 2. The van der Waals surface area contributed by atoms with Crippen molar-refractivity contribution in [1.82, 2.24) is 4.57 Å². The molecule has 1 amide bonds. The molecule has 0 aliphatic heterocycles. The van der Waals surface area contributed by atoms with Gasteiger partial charge in [0.1, 0.15) is 5.75 Å². The number of nitrogens with one attached hydrogen (secondary N) is 1. The third-order valence-corrected chi connectivity index (χ3v) is 5.10. The maximum absolute atomic E-state index is 12.7. The van der Waals surface area contributed by atoms with E-state index in [1.807, 2.05) is 18.2 Å². The van der Waals surface area contributed by atoms with Crippen LogP contribution in [0.3, 0.4) is 0 Å². The lowest BCUT2D eigenvalue weighted by Gasteiger charge is -2.13. The quantitative estimate of drug-likeness (QED) is 0.536. The molecule has 1 fully saturated rings. The zero-order chi connectivity index (χ0) is 21.3. The van der Waals surface area contributed by atoms with E-state index in [4.69, 9.17) is 10.5 Å². The fourth-order valence-electron chi connectivity index (χ4n) is 3.62. The molecule has 2 aromatic carbocycles. The Morgan fingerprint density at radius 1 is 1.27 bits per heavy atom. The number of fused-ring (bicyclic) bond motifs is 1. The summed E-state index contributed by atoms with van der Waals surface area (Å²) in [7, 11) is 0. The van der Waals surface area contributed by atoms with E-state index in [9.17, 15) is 13.6 Å². The number of anilines is 2. The maximum atomic E-state index is 12.7. The van der Waals surface area contributed by atoms with Gasteiger partial charge < -0.3 is 19.8 Å². The highest BCUT2D eigenvalue weighted by Gasteiger charge is 2.26. The third kappa shape index (κ3) is 4.17. The van der Waals surface area contributed by atoms with Crippen LogP contribution in [0.4, 0.5) is 25.0 Å². The zero-order valence-electron chi connectivity index (χ0n) is 16.5. The Morgan fingerprint density at radius 2 is 2.07 bits per heavy atom. The van der Waals surface area contributed by atoms with Crippen LogP contribution in [-0.2, 0) is 11.3 Å². The van der Waals surface area contributed by atoms with Crippen LogP contribution in [0.2, 0.25) is 0 Å². The third-order valence-electron chi connectivity index (χ3n) is 5.10. The Morgan fingerprint density at radius 3 is 2.77 bits per heavy atom. The van der Waals surface area contributed by atoms with Gasteiger partial charge in [0.25, 0.3) is 0 Å². The van der Waals surface area contributed by atoms with Gasteiger partial charge in [0, 0.05) is 29.2 Å². The normalized spacial score (nSPS) is 13.6. The second kappa shape index (κ2) is 8.22. The number of hydrogen-bond acceptors (Lipinski definition) is 4. The monoisotopic (exact) mass is 415 g/mol. The van der Waals surface area contributed by atoms with Crippen molar-refractivity contribution in [2.75, 3.05) is 17.7 Å². The average Bonchev–Trinajstić information content (AvgIpc) is 3.47. The summed E-state index contributed by atoms with van der Waals surface area (Å²) in [5.74, 6) is 0.621. The predicted molar refractivity (Wildman–Crippen MR) is 112 cm³/mol. The summed E-state index contributed by atoms with van der Waals surface area (Å²) < 4.78 is 37.0. The largest absolute Gasteiger partial charge is 0.450 e. The van der Waals surface area contributed by atoms with E-state index in [1.165, 1.54) is 6.07 Å². The molecule has 30 heavy (non-hydrogen) atoms. The molecular formula is C22H23F2N3O3. The summed E-state index contributed by atoms with van der Waals surface area (Å²) in [5, 5.41) is 3.47. The molecule has 1 aromatic heterocycles. The molecule has 0 saturated heterocycles. The lowest BCUT2D eigenvalue weighted by atomic mass is 10.1. The number of nitrogens with zero attached hydrogens (tertiary/aromatic N) is 1. The Hall–Kier alpha value is -3.29. The Balaban J connectivity index is 1.79. The first-order valence-corrected chi connectivity index (χ1v) is 9.87.